The van der Waals surface area contributed by atoms with Crippen LogP contribution in [-0.2, 0) is 15.6 Å². The van der Waals surface area contributed by atoms with Crippen LogP contribution >= 0.6 is 0 Å². The van der Waals surface area contributed by atoms with E-state index < -0.39 is 32.7 Å². The SMILES string of the molecule is O=C(O)C(F)(F)S(=O)c1ccc(F)cc1. The summed E-state index contributed by atoms with van der Waals surface area (Å²) in [5.41, 5.74) is 0. The van der Waals surface area contributed by atoms with Gasteiger partial charge in [-0.05, 0) is 24.3 Å². The molecule has 0 saturated heterocycles. The highest BCUT2D eigenvalue weighted by atomic mass is 32.2. The zero-order chi connectivity index (χ0) is 11.6. The smallest absolute Gasteiger partial charge is 0.419 e. The molecule has 0 amide bonds. The van der Waals surface area contributed by atoms with E-state index in [-0.39, 0.29) is 0 Å². The summed E-state index contributed by atoms with van der Waals surface area (Å²) in [4.78, 5) is 9.64. The van der Waals surface area contributed by atoms with Crippen molar-refractivity contribution in [2.24, 2.45) is 0 Å². The molecule has 1 aromatic carbocycles. The van der Waals surface area contributed by atoms with Gasteiger partial charge in [0.1, 0.15) is 16.6 Å². The molecule has 0 aliphatic heterocycles. The van der Waals surface area contributed by atoms with Crippen LogP contribution in [-0.4, -0.2) is 20.5 Å². The molecule has 1 aromatic rings. The number of aliphatic carboxylic acids is 1. The molecule has 0 aliphatic rings. The first-order valence-corrected chi connectivity index (χ1v) is 4.79. The molecule has 0 heterocycles. The molecule has 0 saturated carbocycles. The summed E-state index contributed by atoms with van der Waals surface area (Å²) in [5.74, 6) is -3.17. The number of carbonyl (C=O) groups is 1. The third-order valence-electron chi connectivity index (χ3n) is 1.51. The maximum atomic E-state index is 12.7. The molecule has 0 spiro atoms. The van der Waals surface area contributed by atoms with E-state index >= 15 is 0 Å². The first kappa shape index (κ1) is 11.7. The van der Waals surface area contributed by atoms with Gasteiger partial charge in [-0.1, -0.05) is 0 Å². The summed E-state index contributed by atoms with van der Waals surface area (Å²) in [6.45, 7) is 0. The van der Waals surface area contributed by atoms with Crippen LogP contribution in [0.4, 0.5) is 13.2 Å². The first-order valence-electron chi connectivity index (χ1n) is 3.64. The van der Waals surface area contributed by atoms with Crippen molar-refractivity contribution in [3.05, 3.63) is 30.1 Å². The number of carboxylic acids is 1. The maximum Gasteiger partial charge on any atom is 0.419 e. The van der Waals surface area contributed by atoms with Crippen molar-refractivity contribution in [1.29, 1.82) is 0 Å². The third-order valence-corrected chi connectivity index (χ3v) is 2.85. The zero-order valence-corrected chi connectivity index (χ0v) is 7.93. The van der Waals surface area contributed by atoms with Gasteiger partial charge in [-0.15, -0.1) is 0 Å². The van der Waals surface area contributed by atoms with E-state index in [2.05, 4.69) is 0 Å². The molecule has 1 rings (SSSR count). The summed E-state index contributed by atoms with van der Waals surface area (Å²) in [7, 11) is -3.03. The van der Waals surface area contributed by atoms with Gasteiger partial charge in [-0.2, -0.15) is 8.78 Å². The van der Waals surface area contributed by atoms with Gasteiger partial charge >= 0.3 is 11.2 Å². The average Bonchev–Trinajstić information content (AvgIpc) is 2.17. The lowest BCUT2D eigenvalue weighted by atomic mass is 10.4. The molecular formula is C8H5F3O3S. The highest BCUT2D eigenvalue weighted by Gasteiger charge is 2.46. The van der Waals surface area contributed by atoms with Crippen LogP contribution in [0, 0.1) is 5.82 Å². The Morgan fingerprint density at radius 1 is 1.27 bits per heavy atom. The number of alkyl halides is 2. The Morgan fingerprint density at radius 3 is 2.13 bits per heavy atom. The van der Waals surface area contributed by atoms with E-state index in [1.807, 2.05) is 0 Å². The van der Waals surface area contributed by atoms with E-state index in [0.717, 1.165) is 24.3 Å². The first-order chi connectivity index (χ1) is 6.85. The van der Waals surface area contributed by atoms with E-state index in [4.69, 9.17) is 5.11 Å². The topological polar surface area (TPSA) is 54.4 Å². The molecule has 82 valence electrons. The van der Waals surface area contributed by atoms with E-state index in [1.165, 1.54) is 0 Å². The van der Waals surface area contributed by atoms with E-state index in [9.17, 15) is 22.2 Å². The Bertz CT molecular complexity index is 402. The van der Waals surface area contributed by atoms with E-state index in [1.54, 1.807) is 0 Å². The second kappa shape index (κ2) is 4.01. The highest BCUT2D eigenvalue weighted by Crippen LogP contribution is 2.25. The minimum atomic E-state index is -4.38. The van der Waals surface area contributed by atoms with Gasteiger partial charge in [0.05, 0.1) is 0 Å². The standard InChI is InChI=1S/C8H5F3O3S/c9-5-1-3-6(4-2-5)15(14)8(10,11)7(12)13/h1-4H,(H,12,13). The predicted molar refractivity (Wildman–Crippen MR) is 45.4 cm³/mol. The quantitative estimate of drug-likeness (QED) is 0.870. The van der Waals surface area contributed by atoms with Gasteiger partial charge in [0, 0.05) is 4.90 Å². The van der Waals surface area contributed by atoms with Crippen LogP contribution in [0.1, 0.15) is 0 Å². The van der Waals surface area contributed by atoms with Crippen molar-refractivity contribution in [3.8, 4) is 0 Å². The van der Waals surface area contributed by atoms with Crippen LogP contribution in [0.2, 0.25) is 0 Å². The molecule has 1 N–H and O–H groups in total. The largest absolute Gasteiger partial charge is 0.476 e. The van der Waals surface area contributed by atoms with Gasteiger partial charge in [0.15, 0.2) is 0 Å². The molecule has 1 atom stereocenters. The van der Waals surface area contributed by atoms with Gasteiger partial charge in [0.2, 0.25) is 0 Å². The monoisotopic (exact) mass is 238 g/mol. The van der Waals surface area contributed by atoms with Crippen LogP contribution in [0.25, 0.3) is 0 Å². The molecular weight excluding hydrogens is 233 g/mol. The Hall–Kier alpha value is -1.37. The molecule has 15 heavy (non-hydrogen) atoms. The number of benzene rings is 1. The second-order valence-electron chi connectivity index (χ2n) is 2.54. The summed E-state index contributed by atoms with van der Waals surface area (Å²) in [6.07, 6.45) is 0. The second-order valence-corrected chi connectivity index (χ2v) is 4.07. The highest BCUT2D eigenvalue weighted by molar-refractivity contribution is 7.87. The van der Waals surface area contributed by atoms with Crippen molar-refractivity contribution < 1.29 is 27.3 Å². The minimum Gasteiger partial charge on any atom is -0.476 e. The number of hydrogen-bond acceptors (Lipinski definition) is 2. The molecule has 0 radical (unpaired) electrons. The van der Waals surface area contributed by atoms with Crippen molar-refractivity contribution in [2.45, 2.75) is 10.2 Å². The van der Waals surface area contributed by atoms with Crippen molar-refractivity contribution in [2.75, 3.05) is 0 Å². The Morgan fingerprint density at radius 2 is 1.73 bits per heavy atom. The fraction of sp³-hybridized carbons (Fsp3) is 0.125. The summed E-state index contributed by atoms with van der Waals surface area (Å²) in [6, 6.07) is 3.35. The molecule has 0 fully saturated rings. The van der Waals surface area contributed by atoms with Crippen LogP contribution in [0.3, 0.4) is 0 Å². The summed E-state index contributed by atoms with van der Waals surface area (Å²) in [5, 5.41) is 3.73. The van der Waals surface area contributed by atoms with Crippen molar-refractivity contribution in [3.63, 3.8) is 0 Å². The Labute approximate surface area is 85.0 Å². The molecule has 1 unspecified atom stereocenters. The van der Waals surface area contributed by atoms with Crippen LogP contribution in [0.5, 0.6) is 0 Å². The minimum absolute atomic E-state index is 0.441. The van der Waals surface area contributed by atoms with Gasteiger partial charge in [0.25, 0.3) is 0 Å². The number of halogens is 3. The Balaban J connectivity index is 3.05. The molecule has 0 bridgehead atoms. The molecule has 0 aromatic heterocycles. The lowest BCUT2D eigenvalue weighted by Gasteiger charge is -2.10. The normalized spacial score (nSPS) is 13.5. The fourth-order valence-electron chi connectivity index (χ4n) is 0.786. The van der Waals surface area contributed by atoms with Gasteiger partial charge in [-0.25, -0.2) is 13.4 Å². The summed E-state index contributed by atoms with van der Waals surface area (Å²) >= 11 is 0. The van der Waals surface area contributed by atoms with Crippen molar-refractivity contribution >= 4 is 16.8 Å². The molecule has 3 nitrogen and oxygen atoms in total. The van der Waals surface area contributed by atoms with Crippen molar-refractivity contribution in [1.82, 2.24) is 0 Å². The molecule has 7 heteroatoms. The predicted octanol–water partition coefficient (Wildman–Crippen LogP) is 1.61. The van der Waals surface area contributed by atoms with Gasteiger partial charge in [-0.3, -0.25) is 0 Å². The summed E-state index contributed by atoms with van der Waals surface area (Å²) < 4.78 is 48.9. The fourth-order valence-corrected chi connectivity index (χ4v) is 1.62. The zero-order valence-electron chi connectivity index (χ0n) is 7.12. The lowest BCUT2D eigenvalue weighted by Crippen LogP contribution is -2.33. The average molecular weight is 238 g/mol. The number of rotatable bonds is 3. The number of hydrogen-bond donors (Lipinski definition) is 1. The van der Waals surface area contributed by atoms with Gasteiger partial charge < -0.3 is 5.11 Å². The lowest BCUT2D eigenvalue weighted by molar-refractivity contribution is -0.153. The van der Waals surface area contributed by atoms with E-state index in [0.29, 0.717) is 0 Å². The molecule has 0 aliphatic carbocycles. The van der Waals surface area contributed by atoms with Crippen LogP contribution in [0.15, 0.2) is 29.2 Å². The van der Waals surface area contributed by atoms with Crippen LogP contribution < -0.4 is 0 Å². The Kier molecular flexibility index (Phi) is 3.13. The maximum absolute atomic E-state index is 12.7. The third kappa shape index (κ3) is 2.35. The number of carboxylic acid groups (broad SMARTS) is 1.